The highest BCUT2D eigenvalue weighted by molar-refractivity contribution is 5.91. The first-order chi connectivity index (χ1) is 24.8. The lowest BCUT2D eigenvalue weighted by Gasteiger charge is -2.27. The number of halogens is 2. The number of anilines is 2. The van der Waals surface area contributed by atoms with Crippen LogP contribution in [0.5, 0.6) is 0 Å². The van der Waals surface area contributed by atoms with Crippen LogP contribution in [0.4, 0.5) is 30.0 Å². The summed E-state index contributed by atoms with van der Waals surface area (Å²) in [6, 6.07) is 12.2. The summed E-state index contributed by atoms with van der Waals surface area (Å²) >= 11 is 0. The molecule has 0 bridgehead atoms. The zero-order valence-electron chi connectivity index (χ0n) is 31.7. The van der Waals surface area contributed by atoms with Crippen LogP contribution in [0.2, 0.25) is 0 Å². The number of carbonyl (C=O) groups is 2. The fourth-order valence-corrected chi connectivity index (χ4v) is 6.23. The van der Waals surface area contributed by atoms with Crippen molar-refractivity contribution in [2.75, 3.05) is 30.9 Å². The average Bonchev–Trinajstić information content (AvgIpc) is 3.51. The summed E-state index contributed by atoms with van der Waals surface area (Å²) in [5, 5.41) is 20.4. The third-order valence-corrected chi connectivity index (χ3v) is 8.97. The van der Waals surface area contributed by atoms with E-state index in [4.69, 9.17) is 4.74 Å². The molecule has 0 saturated heterocycles. The van der Waals surface area contributed by atoms with Gasteiger partial charge in [-0.2, -0.15) is 10.2 Å². The van der Waals surface area contributed by atoms with Gasteiger partial charge in [0.2, 0.25) is 0 Å². The number of nitrogens with one attached hydrogen (secondary N) is 4. The second-order valence-electron chi connectivity index (χ2n) is 13.9. The highest BCUT2D eigenvalue weighted by Crippen LogP contribution is 2.46. The lowest BCUT2D eigenvalue weighted by Crippen LogP contribution is -2.43. The zero-order valence-corrected chi connectivity index (χ0v) is 31.7. The number of nitrogens with zero attached hydrogens (tertiary/aromatic N) is 4. The molecule has 4 amide bonds. The van der Waals surface area contributed by atoms with Gasteiger partial charge in [-0.25, -0.2) is 18.4 Å². The summed E-state index contributed by atoms with van der Waals surface area (Å²) in [4.78, 5) is 24.4. The first kappa shape index (κ1) is 40.0. The molecule has 0 atom stereocenters. The predicted molar refractivity (Wildman–Crippen MR) is 203 cm³/mol. The van der Waals surface area contributed by atoms with E-state index in [1.54, 1.807) is 40.7 Å². The van der Waals surface area contributed by atoms with Gasteiger partial charge in [-0.15, -0.1) is 0 Å². The van der Waals surface area contributed by atoms with Gasteiger partial charge in [0, 0.05) is 55.5 Å². The van der Waals surface area contributed by atoms with Crippen molar-refractivity contribution in [2.45, 2.75) is 90.5 Å². The Hall–Kier alpha value is -4.78. The molecule has 2 heterocycles. The molecule has 2 aromatic carbocycles. The summed E-state index contributed by atoms with van der Waals surface area (Å²) < 4.78 is 35.0. The van der Waals surface area contributed by atoms with E-state index in [2.05, 4.69) is 31.5 Å². The second-order valence-corrected chi connectivity index (χ2v) is 13.9. The number of aromatic nitrogens is 4. The van der Waals surface area contributed by atoms with Crippen LogP contribution in [0.3, 0.4) is 0 Å². The molecule has 0 aliphatic heterocycles. The monoisotopic (exact) mass is 720 g/mol. The van der Waals surface area contributed by atoms with Gasteiger partial charge in [0.25, 0.3) is 0 Å². The van der Waals surface area contributed by atoms with E-state index in [-0.39, 0.29) is 29.2 Å². The van der Waals surface area contributed by atoms with E-state index >= 15 is 0 Å². The Bertz CT molecular complexity index is 1770. The zero-order chi connectivity index (χ0) is 38.0. The van der Waals surface area contributed by atoms with Crippen molar-refractivity contribution in [3.63, 3.8) is 0 Å². The number of hydrogen-bond donors (Lipinski definition) is 4. The minimum atomic E-state index is -0.324. The highest BCUT2D eigenvalue weighted by Gasteiger charge is 2.31. The molecule has 0 unspecified atom stereocenters. The second kappa shape index (κ2) is 18.1. The van der Waals surface area contributed by atoms with E-state index in [0.717, 1.165) is 59.3 Å². The molecular formula is C39H54F2N8O3. The normalized spacial score (nSPS) is 14.1. The van der Waals surface area contributed by atoms with Crippen molar-refractivity contribution in [1.82, 2.24) is 30.2 Å². The summed E-state index contributed by atoms with van der Waals surface area (Å²) in [6.07, 6.45) is 6.64. The van der Waals surface area contributed by atoms with Crippen LogP contribution in [0.1, 0.15) is 96.1 Å². The van der Waals surface area contributed by atoms with Crippen molar-refractivity contribution in [2.24, 2.45) is 14.1 Å². The van der Waals surface area contributed by atoms with Gasteiger partial charge in [0.1, 0.15) is 11.6 Å². The topological polar surface area (TPSA) is 127 Å². The smallest absolute Gasteiger partial charge is 0.320 e. The van der Waals surface area contributed by atoms with Gasteiger partial charge in [-0.3, -0.25) is 20.0 Å². The fourth-order valence-electron chi connectivity index (χ4n) is 6.23. The standard InChI is InChI=1S/C19H25FN4O.C18H23FN4O2.C2H6/c1-19(2,3)22-18(25)21-17-15(12-6-5-7-12)16(24(4)23-17)13-8-10-14(20)11-9-13;1-23-16(13-6-8-14(19)9-7-13)15(12-4-3-5-12)17(22-23)21-18(24)20-10-11-25-2;1-2/h8-12H,5-7H2,1-4H3,(H2,21,22,23,25);6-9,12H,3-5,10-11H2,1-2H3,(H2,20,21,22,24);1-2H3. The number of hydrogen-bond acceptors (Lipinski definition) is 5. The molecule has 2 fully saturated rings. The van der Waals surface area contributed by atoms with Gasteiger partial charge in [0.05, 0.1) is 18.0 Å². The lowest BCUT2D eigenvalue weighted by molar-refractivity contribution is 0.198. The van der Waals surface area contributed by atoms with Crippen molar-refractivity contribution in [3.8, 4) is 22.5 Å². The van der Waals surface area contributed by atoms with Crippen LogP contribution in [-0.2, 0) is 18.8 Å². The molecule has 11 nitrogen and oxygen atoms in total. The van der Waals surface area contributed by atoms with E-state index in [1.807, 2.05) is 48.7 Å². The average molecular weight is 721 g/mol. The molecule has 2 aliphatic rings. The molecule has 2 aliphatic carbocycles. The van der Waals surface area contributed by atoms with E-state index in [0.29, 0.717) is 36.6 Å². The molecule has 4 N–H and O–H groups in total. The maximum absolute atomic E-state index is 13.3. The number of rotatable bonds is 9. The molecule has 2 aromatic heterocycles. The molecule has 6 rings (SSSR count). The third-order valence-electron chi connectivity index (χ3n) is 8.97. The summed E-state index contributed by atoms with van der Waals surface area (Å²) in [5.41, 5.74) is 5.42. The van der Waals surface area contributed by atoms with Crippen LogP contribution in [-0.4, -0.2) is 57.4 Å². The van der Waals surface area contributed by atoms with Crippen LogP contribution in [0.15, 0.2) is 48.5 Å². The van der Waals surface area contributed by atoms with Crippen molar-refractivity contribution < 1.29 is 23.1 Å². The maximum atomic E-state index is 13.3. The van der Waals surface area contributed by atoms with Crippen LogP contribution in [0.25, 0.3) is 22.5 Å². The Labute approximate surface area is 305 Å². The number of ether oxygens (including phenoxy) is 1. The Morgan fingerprint density at radius 3 is 1.50 bits per heavy atom. The molecular weight excluding hydrogens is 666 g/mol. The number of methoxy groups -OCH3 is 1. The highest BCUT2D eigenvalue weighted by atomic mass is 19.1. The minimum absolute atomic E-state index is 0.265. The number of aryl methyl sites for hydroxylation is 2. The van der Waals surface area contributed by atoms with Gasteiger partial charge >= 0.3 is 12.1 Å². The molecule has 52 heavy (non-hydrogen) atoms. The van der Waals surface area contributed by atoms with Gasteiger partial charge in [0.15, 0.2) is 11.6 Å². The van der Waals surface area contributed by atoms with Crippen molar-refractivity contribution >= 4 is 23.7 Å². The van der Waals surface area contributed by atoms with E-state index < -0.39 is 0 Å². The Balaban J connectivity index is 0.000000222. The molecule has 0 spiro atoms. The van der Waals surface area contributed by atoms with E-state index in [9.17, 15) is 18.4 Å². The molecule has 4 aromatic rings. The van der Waals surface area contributed by atoms with Crippen LogP contribution < -0.4 is 21.3 Å². The fraction of sp³-hybridized carbons (Fsp3) is 0.487. The number of benzene rings is 2. The van der Waals surface area contributed by atoms with E-state index in [1.165, 1.54) is 37.1 Å². The summed E-state index contributed by atoms with van der Waals surface area (Å²) in [5.74, 6) is 1.36. The number of urea groups is 2. The van der Waals surface area contributed by atoms with Gasteiger partial charge in [-0.05, 0) is 107 Å². The first-order valence-corrected chi connectivity index (χ1v) is 18.1. The predicted octanol–water partition coefficient (Wildman–Crippen LogP) is 8.70. The first-order valence-electron chi connectivity index (χ1n) is 18.1. The Kier molecular flexibility index (Phi) is 13.9. The molecule has 13 heteroatoms. The SMILES string of the molecule is CC.COCCNC(=O)Nc1nn(C)c(-c2ccc(F)cc2)c1C1CCC1.Cn1nc(NC(=O)NC(C)(C)C)c(C2CCC2)c1-c1ccc(F)cc1. The van der Waals surface area contributed by atoms with Crippen LogP contribution in [0, 0.1) is 11.6 Å². The third kappa shape index (κ3) is 10.2. The van der Waals surface area contributed by atoms with Crippen molar-refractivity contribution in [1.29, 1.82) is 0 Å². The Morgan fingerprint density at radius 2 is 1.15 bits per heavy atom. The molecule has 0 radical (unpaired) electrons. The molecule has 282 valence electrons. The van der Waals surface area contributed by atoms with Crippen LogP contribution >= 0.6 is 0 Å². The van der Waals surface area contributed by atoms with Gasteiger partial charge in [-0.1, -0.05) is 26.7 Å². The quantitative estimate of drug-likeness (QED) is 0.129. The maximum Gasteiger partial charge on any atom is 0.320 e. The van der Waals surface area contributed by atoms with Gasteiger partial charge < -0.3 is 15.4 Å². The minimum Gasteiger partial charge on any atom is -0.383 e. The Morgan fingerprint density at radius 1 is 0.750 bits per heavy atom. The number of carbonyl (C=O) groups excluding carboxylic acids is 2. The number of amides is 4. The largest absolute Gasteiger partial charge is 0.383 e. The lowest BCUT2D eigenvalue weighted by atomic mass is 9.79. The summed E-state index contributed by atoms with van der Waals surface area (Å²) in [6.45, 7) is 10.7. The molecule has 2 saturated carbocycles. The van der Waals surface area contributed by atoms with Crippen molar-refractivity contribution in [3.05, 3.63) is 71.3 Å². The summed E-state index contributed by atoms with van der Waals surface area (Å²) in [7, 11) is 5.28.